The van der Waals surface area contributed by atoms with Gasteiger partial charge in [0.2, 0.25) is 3.79 Å². The van der Waals surface area contributed by atoms with Crippen molar-refractivity contribution >= 4 is 46.4 Å². The number of hydrogen-bond donors (Lipinski definition) is 1. The Balaban J connectivity index is 1.58. The van der Waals surface area contributed by atoms with Crippen molar-refractivity contribution in [3.63, 3.8) is 0 Å². The number of nitrogens with one attached hydrogen (secondary N) is 1. The Morgan fingerprint density at radius 2 is 1.90 bits per heavy atom. The monoisotopic (exact) mass is 484 g/mol. The minimum absolute atomic E-state index is 0.0300. The summed E-state index contributed by atoms with van der Waals surface area (Å²) in [6.07, 6.45) is -0.0396. The molecule has 1 amide bonds. The maximum Gasteiger partial charge on any atom is 0.270 e. The van der Waals surface area contributed by atoms with E-state index in [4.69, 9.17) is 34.8 Å². The number of pyridine rings is 1. The van der Waals surface area contributed by atoms with E-state index in [-0.39, 0.29) is 28.6 Å². The number of nitrogens with zero attached hydrogens (tertiary/aromatic N) is 3. The van der Waals surface area contributed by atoms with Gasteiger partial charge >= 0.3 is 0 Å². The Morgan fingerprint density at radius 1 is 1.16 bits per heavy atom. The molecule has 0 radical (unpaired) electrons. The van der Waals surface area contributed by atoms with Crippen LogP contribution in [-0.2, 0) is 6.54 Å². The van der Waals surface area contributed by atoms with Crippen LogP contribution in [0.25, 0.3) is 0 Å². The lowest BCUT2D eigenvalue weighted by atomic mass is 9.83. The number of halogens is 3. The van der Waals surface area contributed by atoms with Crippen LogP contribution in [0.4, 0.5) is 5.69 Å². The van der Waals surface area contributed by atoms with Crippen molar-refractivity contribution in [3.8, 4) is 0 Å². The number of fused-ring (bicyclic) bond motifs is 4. The molecule has 1 saturated heterocycles. The number of nitro groups is 1. The number of carbonyl (C=O) groups excluding carboxylic acids is 1. The summed E-state index contributed by atoms with van der Waals surface area (Å²) in [6, 6.07) is 10.6. The molecule has 4 rings (SSSR count). The number of carbonyl (C=O) groups is 1. The van der Waals surface area contributed by atoms with Crippen molar-refractivity contribution in [2.75, 3.05) is 13.1 Å². The van der Waals surface area contributed by atoms with Crippen LogP contribution in [0.2, 0.25) is 0 Å². The fourth-order valence-corrected chi connectivity index (χ4v) is 5.07. The van der Waals surface area contributed by atoms with Gasteiger partial charge in [-0.1, -0.05) is 46.9 Å². The van der Waals surface area contributed by atoms with Gasteiger partial charge in [-0.15, -0.1) is 0 Å². The summed E-state index contributed by atoms with van der Waals surface area (Å²) < 4.78 is -0.0411. The second kappa shape index (κ2) is 8.43. The van der Waals surface area contributed by atoms with Crippen LogP contribution in [0.3, 0.4) is 0 Å². The van der Waals surface area contributed by atoms with Gasteiger partial charge in [-0.2, -0.15) is 0 Å². The van der Waals surface area contributed by atoms with Crippen molar-refractivity contribution < 1.29 is 9.72 Å². The van der Waals surface area contributed by atoms with Crippen LogP contribution in [0.15, 0.2) is 47.3 Å². The lowest BCUT2D eigenvalue weighted by Gasteiger charge is -2.47. The second-order valence-electron chi connectivity index (χ2n) is 7.88. The first-order chi connectivity index (χ1) is 14.6. The summed E-state index contributed by atoms with van der Waals surface area (Å²) in [7, 11) is 0. The van der Waals surface area contributed by atoms with E-state index in [1.165, 1.54) is 24.3 Å². The average molecular weight is 486 g/mol. The normalized spacial score (nSPS) is 21.8. The fourth-order valence-electron chi connectivity index (χ4n) is 4.49. The minimum atomic E-state index is -1.83. The predicted octanol–water partition coefficient (Wildman–Crippen LogP) is 3.30. The lowest BCUT2D eigenvalue weighted by Crippen LogP contribution is -2.60. The molecule has 164 valence electrons. The molecule has 1 aromatic heterocycles. The van der Waals surface area contributed by atoms with Gasteiger partial charge in [-0.3, -0.25) is 24.6 Å². The topological polar surface area (TPSA) is 97.5 Å². The molecule has 2 aromatic rings. The number of rotatable bonds is 4. The third kappa shape index (κ3) is 4.57. The number of aromatic nitrogens is 1. The van der Waals surface area contributed by atoms with Crippen molar-refractivity contribution in [3.05, 3.63) is 74.2 Å². The number of benzene rings is 1. The van der Waals surface area contributed by atoms with Gasteiger partial charge in [0.25, 0.3) is 17.2 Å². The molecule has 0 saturated carbocycles. The number of nitro benzene ring substituents is 1. The van der Waals surface area contributed by atoms with Gasteiger partial charge in [-0.25, -0.2) is 0 Å². The molecule has 3 atom stereocenters. The Hall–Kier alpha value is -2.13. The van der Waals surface area contributed by atoms with Crippen molar-refractivity contribution in [2.24, 2.45) is 5.92 Å². The highest BCUT2D eigenvalue weighted by atomic mass is 35.6. The largest absolute Gasteiger partial charge is 0.332 e. The summed E-state index contributed by atoms with van der Waals surface area (Å²) in [6.45, 7) is 1.59. The summed E-state index contributed by atoms with van der Waals surface area (Å²) in [5.41, 5.74) is 0.800. The molecule has 2 bridgehead atoms. The van der Waals surface area contributed by atoms with Crippen molar-refractivity contribution in [1.82, 2.24) is 14.8 Å². The summed E-state index contributed by atoms with van der Waals surface area (Å²) in [5.74, 6) is -0.353. The fraction of sp³-hybridized carbons (Fsp3) is 0.400. The SMILES string of the molecule is O=C(NC(N1C[C@H]2C[C@@H](C1)c1cccc(=O)n1C2)C(Cl)(Cl)Cl)c1cccc([N+](=O)[O-])c1. The summed E-state index contributed by atoms with van der Waals surface area (Å²) in [4.78, 5) is 37.4. The molecular weight excluding hydrogens is 467 g/mol. The van der Waals surface area contributed by atoms with E-state index in [1.807, 2.05) is 11.0 Å². The molecule has 11 heteroatoms. The zero-order valence-corrected chi connectivity index (χ0v) is 18.5. The van der Waals surface area contributed by atoms with Gasteiger partial charge in [0.15, 0.2) is 0 Å². The zero-order valence-electron chi connectivity index (χ0n) is 16.2. The molecule has 1 fully saturated rings. The molecule has 2 aliphatic heterocycles. The summed E-state index contributed by atoms with van der Waals surface area (Å²) in [5, 5.41) is 13.8. The van der Waals surface area contributed by atoms with Crippen LogP contribution >= 0.6 is 34.8 Å². The zero-order chi connectivity index (χ0) is 22.3. The number of piperidine rings is 1. The third-order valence-electron chi connectivity index (χ3n) is 5.77. The van der Waals surface area contributed by atoms with E-state index in [2.05, 4.69) is 5.32 Å². The molecule has 0 spiro atoms. The third-order valence-corrected chi connectivity index (χ3v) is 6.39. The molecule has 31 heavy (non-hydrogen) atoms. The van der Waals surface area contributed by atoms with Gasteiger partial charge in [0.1, 0.15) is 6.17 Å². The number of amides is 1. The van der Waals surface area contributed by atoms with Crippen molar-refractivity contribution in [2.45, 2.75) is 28.8 Å². The molecule has 1 N–H and O–H groups in total. The molecule has 1 aromatic carbocycles. The van der Waals surface area contributed by atoms with E-state index in [0.717, 1.165) is 12.1 Å². The Kier molecular flexibility index (Phi) is 6.00. The van der Waals surface area contributed by atoms with Crippen molar-refractivity contribution in [1.29, 1.82) is 0 Å². The molecule has 3 heterocycles. The quantitative estimate of drug-likeness (QED) is 0.407. The number of non-ortho nitro benzene ring substituents is 1. The highest BCUT2D eigenvalue weighted by Gasteiger charge is 2.44. The van der Waals surface area contributed by atoms with Gasteiger partial charge in [-0.05, 0) is 24.5 Å². The van der Waals surface area contributed by atoms with Crippen LogP contribution in [0.5, 0.6) is 0 Å². The second-order valence-corrected chi connectivity index (χ2v) is 10.2. The first kappa shape index (κ1) is 22.1. The standard InChI is InChI=1S/C20H19Cl3N4O4/c21-20(22,23)19(24-18(29)13-3-1-4-15(8-13)27(30)31)25-9-12-7-14(11-25)16-5-2-6-17(28)26(16)10-12/h1-6,8,12,14,19H,7,9-11H2,(H,24,29)/t12-,14+,19?/m1/s1. The minimum Gasteiger partial charge on any atom is -0.332 e. The number of likely N-dealkylation sites (tertiary alicyclic amines) is 1. The van der Waals surface area contributed by atoms with Crippen LogP contribution in [0, 0.1) is 16.0 Å². The smallest absolute Gasteiger partial charge is 0.270 e. The maximum absolute atomic E-state index is 12.8. The molecule has 1 unspecified atom stereocenters. The average Bonchev–Trinajstić information content (AvgIpc) is 2.71. The molecular formula is C20H19Cl3N4O4. The lowest BCUT2D eigenvalue weighted by molar-refractivity contribution is -0.384. The molecule has 0 aliphatic carbocycles. The summed E-state index contributed by atoms with van der Waals surface area (Å²) >= 11 is 18.7. The van der Waals surface area contributed by atoms with E-state index in [0.29, 0.717) is 19.6 Å². The van der Waals surface area contributed by atoms with Gasteiger partial charge in [0.05, 0.1) is 4.92 Å². The van der Waals surface area contributed by atoms with E-state index >= 15 is 0 Å². The van der Waals surface area contributed by atoms with Crippen LogP contribution in [-0.4, -0.2) is 43.3 Å². The molecule has 8 nitrogen and oxygen atoms in total. The number of hydrogen-bond acceptors (Lipinski definition) is 5. The molecule has 2 aliphatic rings. The Labute approximate surface area is 192 Å². The predicted molar refractivity (Wildman–Crippen MR) is 118 cm³/mol. The van der Waals surface area contributed by atoms with E-state index in [9.17, 15) is 19.7 Å². The van der Waals surface area contributed by atoms with Crippen LogP contribution in [0.1, 0.15) is 28.4 Å². The van der Waals surface area contributed by atoms with E-state index < -0.39 is 20.8 Å². The Morgan fingerprint density at radius 3 is 2.61 bits per heavy atom. The van der Waals surface area contributed by atoms with Gasteiger partial charge < -0.3 is 9.88 Å². The first-order valence-electron chi connectivity index (χ1n) is 9.69. The maximum atomic E-state index is 12.8. The highest BCUT2D eigenvalue weighted by Crippen LogP contribution is 2.40. The first-order valence-corrected chi connectivity index (χ1v) is 10.8. The van der Waals surface area contributed by atoms with E-state index in [1.54, 1.807) is 16.7 Å². The highest BCUT2D eigenvalue weighted by molar-refractivity contribution is 6.68. The van der Waals surface area contributed by atoms with Gasteiger partial charge in [0, 0.05) is 55.0 Å². The number of alkyl halides is 3. The Bertz CT molecular complexity index is 1080. The van der Waals surface area contributed by atoms with Crippen LogP contribution < -0.4 is 10.9 Å².